The number of carbonyl (C=O) groups is 1. The van der Waals surface area contributed by atoms with E-state index in [-0.39, 0.29) is 30.4 Å². The van der Waals surface area contributed by atoms with Gasteiger partial charge in [-0.25, -0.2) is 8.78 Å². The predicted octanol–water partition coefficient (Wildman–Crippen LogP) is 4.79. The number of rotatable bonds is 8. The molecule has 0 atom stereocenters. The smallest absolute Gasteiger partial charge is 0.251 e. The molecule has 1 amide bonds. The van der Waals surface area contributed by atoms with Crippen molar-refractivity contribution in [2.45, 2.75) is 19.4 Å². The molecule has 0 spiro atoms. The molecule has 0 saturated heterocycles. The molecular formula is C22H20F2N2O2. The van der Waals surface area contributed by atoms with Crippen molar-refractivity contribution >= 4 is 16.8 Å². The van der Waals surface area contributed by atoms with Crippen molar-refractivity contribution in [3.05, 3.63) is 84.1 Å². The first-order valence-corrected chi connectivity index (χ1v) is 8.93. The van der Waals surface area contributed by atoms with Crippen molar-refractivity contribution in [3.8, 4) is 5.75 Å². The molecule has 0 radical (unpaired) electrons. The van der Waals surface area contributed by atoms with E-state index in [1.165, 1.54) is 0 Å². The van der Waals surface area contributed by atoms with Crippen LogP contribution in [0.3, 0.4) is 0 Å². The summed E-state index contributed by atoms with van der Waals surface area (Å²) in [6, 6.07) is 10.8. The summed E-state index contributed by atoms with van der Waals surface area (Å²) in [7, 11) is 0. The molecule has 0 unspecified atom stereocenters. The Morgan fingerprint density at radius 1 is 1.21 bits per heavy atom. The second-order valence-electron chi connectivity index (χ2n) is 6.25. The highest BCUT2D eigenvalue weighted by atomic mass is 19.1. The normalized spacial score (nSPS) is 10.6. The van der Waals surface area contributed by atoms with Gasteiger partial charge in [0.1, 0.15) is 5.82 Å². The number of amides is 1. The lowest BCUT2D eigenvalue weighted by atomic mass is 10.1. The molecule has 4 nitrogen and oxygen atoms in total. The summed E-state index contributed by atoms with van der Waals surface area (Å²) in [6.45, 7) is 3.70. The lowest BCUT2D eigenvalue weighted by Gasteiger charge is -2.12. The van der Waals surface area contributed by atoms with Crippen LogP contribution in [0, 0.1) is 11.6 Å². The van der Waals surface area contributed by atoms with E-state index in [0.29, 0.717) is 12.0 Å². The molecule has 0 aliphatic heterocycles. The number of nitrogens with zero attached hydrogens (tertiary/aromatic N) is 1. The zero-order chi connectivity index (χ0) is 19.9. The van der Waals surface area contributed by atoms with Crippen LogP contribution >= 0.6 is 0 Å². The Labute approximate surface area is 161 Å². The zero-order valence-corrected chi connectivity index (χ0v) is 15.3. The van der Waals surface area contributed by atoms with Crippen molar-refractivity contribution in [2.24, 2.45) is 0 Å². The zero-order valence-electron chi connectivity index (χ0n) is 15.3. The fourth-order valence-corrected chi connectivity index (χ4v) is 2.76. The first-order valence-electron chi connectivity index (χ1n) is 8.93. The quantitative estimate of drug-likeness (QED) is 0.450. The molecule has 1 heterocycles. The van der Waals surface area contributed by atoms with Gasteiger partial charge in [0.15, 0.2) is 11.6 Å². The van der Waals surface area contributed by atoms with Gasteiger partial charge in [0.25, 0.3) is 5.91 Å². The van der Waals surface area contributed by atoms with Gasteiger partial charge >= 0.3 is 0 Å². The van der Waals surface area contributed by atoms with Crippen molar-refractivity contribution in [2.75, 3.05) is 6.61 Å². The molecule has 2 aromatic carbocycles. The molecule has 0 aliphatic carbocycles. The average molecular weight is 382 g/mol. The largest absolute Gasteiger partial charge is 0.490 e. The Kier molecular flexibility index (Phi) is 6.32. The molecule has 0 aliphatic rings. The summed E-state index contributed by atoms with van der Waals surface area (Å²) in [5, 5.41) is 3.44. The summed E-state index contributed by atoms with van der Waals surface area (Å²) >= 11 is 0. The standard InChI is InChI=1S/C22H20F2N2O2/c1-2-3-4-10-28-20-13-18(23)12-17(21(20)24)14-26-22(27)16-7-8-19-15(11-16)6-5-9-25-19/h2,5-9,11-13H,1,3-4,10,14H2,(H,26,27). The van der Waals surface area contributed by atoms with E-state index in [1.54, 1.807) is 36.5 Å². The molecule has 1 N–H and O–H groups in total. The third-order valence-electron chi connectivity index (χ3n) is 4.19. The Hall–Kier alpha value is -3.28. The van der Waals surface area contributed by atoms with Gasteiger partial charge in [0, 0.05) is 35.3 Å². The Morgan fingerprint density at radius 2 is 2.07 bits per heavy atom. The van der Waals surface area contributed by atoms with Crippen molar-refractivity contribution < 1.29 is 18.3 Å². The monoisotopic (exact) mass is 382 g/mol. The molecule has 28 heavy (non-hydrogen) atoms. The fraction of sp³-hybridized carbons (Fsp3) is 0.182. The SMILES string of the molecule is C=CCCCOc1cc(F)cc(CNC(=O)c2ccc3ncccc3c2)c1F. The van der Waals surface area contributed by atoms with Gasteiger partial charge in [-0.2, -0.15) is 0 Å². The predicted molar refractivity (Wildman–Crippen MR) is 104 cm³/mol. The number of fused-ring (bicyclic) bond motifs is 1. The van der Waals surface area contributed by atoms with E-state index in [2.05, 4.69) is 16.9 Å². The summed E-state index contributed by atoms with van der Waals surface area (Å²) < 4.78 is 33.7. The third-order valence-corrected chi connectivity index (χ3v) is 4.19. The van der Waals surface area contributed by atoms with Crippen LogP contribution in [0.15, 0.2) is 61.3 Å². The number of allylic oxidation sites excluding steroid dienone is 1. The number of aromatic nitrogens is 1. The van der Waals surface area contributed by atoms with E-state index < -0.39 is 11.6 Å². The van der Waals surface area contributed by atoms with Crippen LogP contribution < -0.4 is 10.1 Å². The molecular weight excluding hydrogens is 362 g/mol. The van der Waals surface area contributed by atoms with Gasteiger partial charge in [-0.1, -0.05) is 12.1 Å². The number of pyridine rings is 1. The van der Waals surface area contributed by atoms with Crippen LogP contribution in [-0.2, 0) is 6.54 Å². The number of hydrogen-bond donors (Lipinski definition) is 1. The lowest BCUT2D eigenvalue weighted by Crippen LogP contribution is -2.23. The Balaban J connectivity index is 1.69. The highest BCUT2D eigenvalue weighted by Gasteiger charge is 2.14. The first kappa shape index (κ1) is 19.5. The highest BCUT2D eigenvalue weighted by Crippen LogP contribution is 2.23. The summed E-state index contributed by atoms with van der Waals surface area (Å²) in [5.74, 6) is -1.85. The van der Waals surface area contributed by atoms with E-state index >= 15 is 0 Å². The maximum absolute atomic E-state index is 14.6. The second kappa shape index (κ2) is 9.08. The lowest BCUT2D eigenvalue weighted by molar-refractivity contribution is 0.0950. The van der Waals surface area contributed by atoms with Crippen LogP contribution in [-0.4, -0.2) is 17.5 Å². The number of nitrogens with one attached hydrogen (secondary N) is 1. The molecule has 3 rings (SSSR count). The van der Waals surface area contributed by atoms with Gasteiger partial charge in [-0.15, -0.1) is 6.58 Å². The van der Waals surface area contributed by atoms with E-state index in [9.17, 15) is 13.6 Å². The molecule has 3 aromatic rings. The minimum Gasteiger partial charge on any atom is -0.490 e. The first-order chi connectivity index (χ1) is 13.6. The van der Waals surface area contributed by atoms with Crippen molar-refractivity contribution in [1.29, 1.82) is 0 Å². The summed E-state index contributed by atoms with van der Waals surface area (Å²) in [6.07, 6.45) is 4.78. The maximum Gasteiger partial charge on any atom is 0.251 e. The van der Waals surface area contributed by atoms with Crippen LogP contribution in [0.5, 0.6) is 5.75 Å². The number of carbonyl (C=O) groups excluding carboxylic acids is 1. The highest BCUT2D eigenvalue weighted by molar-refractivity contribution is 5.97. The maximum atomic E-state index is 14.6. The molecule has 0 saturated carbocycles. The number of hydrogen-bond acceptors (Lipinski definition) is 3. The van der Waals surface area contributed by atoms with Gasteiger partial charge in [0.05, 0.1) is 12.1 Å². The van der Waals surface area contributed by atoms with E-state index in [1.807, 2.05) is 6.07 Å². The minimum atomic E-state index is -0.678. The van der Waals surface area contributed by atoms with Gasteiger partial charge < -0.3 is 10.1 Å². The summed E-state index contributed by atoms with van der Waals surface area (Å²) in [4.78, 5) is 16.6. The van der Waals surface area contributed by atoms with Crippen LogP contribution in [0.2, 0.25) is 0 Å². The van der Waals surface area contributed by atoms with Crippen LogP contribution in [0.25, 0.3) is 10.9 Å². The van der Waals surface area contributed by atoms with Crippen LogP contribution in [0.1, 0.15) is 28.8 Å². The van der Waals surface area contributed by atoms with Gasteiger partial charge in [0.2, 0.25) is 0 Å². The van der Waals surface area contributed by atoms with Crippen LogP contribution in [0.4, 0.5) is 8.78 Å². The number of unbranched alkanes of at least 4 members (excludes halogenated alkanes) is 1. The fourth-order valence-electron chi connectivity index (χ4n) is 2.76. The van der Waals surface area contributed by atoms with Crippen molar-refractivity contribution in [1.82, 2.24) is 10.3 Å². The molecule has 0 bridgehead atoms. The van der Waals surface area contributed by atoms with Gasteiger partial charge in [-0.05, 0) is 43.2 Å². The third kappa shape index (κ3) is 4.71. The number of benzene rings is 2. The molecule has 0 fully saturated rings. The Bertz CT molecular complexity index is 1000. The van der Waals surface area contributed by atoms with Crippen molar-refractivity contribution in [3.63, 3.8) is 0 Å². The number of ether oxygens (including phenoxy) is 1. The summed E-state index contributed by atoms with van der Waals surface area (Å²) in [5.41, 5.74) is 1.21. The molecule has 144 valence electrons. The Morgan fingerprint density at radius 3 is 2.89 bits per heavy atom. The minimum absolute atomic E-state index is 0.0227. The topological polar surface area (TPSA) is 51.2 Å². The molecule has 1 aromatic heterocycles. The van der Waals surface area contributed by atoms with Gasteiger partial charge in [-0.3, -0.25) is 9.78 Å². The average Bonchev–Trinajstić information content (AvgIpc) is 2.71. The van der Waals surface area contributed by atoms with E-state index in [4.69, 9.17) is 4.74 Å². The number of halogens is 2. The van der Waals surface area contributed by atoms with E-state index in [0.717, 1.165) is 29.5 Å². The molecule has 6 heteroatoms. The second-order valence-corrected chi connectivity index (χ2v) is 6.25.